The molecule has 0 unspecified atom stereocenters. The van der Waals surface area contributed by atoms with E-state index in [2.05, 4.69) is 12.2 Å². The van der Waals surface area contributed by atoms with Crippen LogP contribution in [-0.2, 0) is 9.57 Å². The van der Waals surface area contributed by atoms with Gasteiger partial charge in [-0.3, -0.25) is 4.84 Å². The summed E-state index contributed by atoms with van der Waals surface area (Å²) in [5.41, 5.74) is -0.519. The van der Waals surface area contributed by atoms with Crippen molar-refractivity contribution < 1.29 is 19.2 Å². The number of carbonyl (C=O) groups excluding carboxylic acids is 2. The van der Waals surface area contributed by atoms with Crippen LogP contribution in [0, 0.1) is 0 Å². The summed E-state index contributed by atoms with van der Waals surface area (Å²) in [5, 5.41) is 4.30. The molecule has 2 rings (SSSR count). The van der Waals surface area contributed by atoms with E-state index in [1.165, 1.54) is 5.06 Å². The van der Waals surface area contributed by atoms with E-state index in [0.717, 1.165) is 25.7 Å². The Morgan fingerprint density at radius 1 is 1.35 bits per heavy atom. The van der Waals surface area contributed by atoms with E-state index < -0.39 is 11.7 Å². The number of amides is 3. The molecule has 3 amide bonds. The maximum Gasteiger partial charge on any atom is 0.407 e. The van der Waals surface area contributed by atoms with E-state index in [0.29, 0.717) is 19.7 Å². The van der Waals surface area contributed by atoms with Gasteiger partial charge in [0, 0.05) is 13.1 Å². The Labute approximate surface area is 138 Å². The Morgan fingerprint density at radius 3 is 2.74 bits per heavy atom. The van der Waals surface area contributed by atoms with Crippen LogP contribution in [0.25, 0.3) is 0 Å². The van der Waals surface area contributed by atoms with Crippen molar-refractivity contribution >= 4 is 12.1 Å². The second-order valence-corrected chi connectivity index (χ2v) is 7.22. The molecule has 2 aliphatic rings. The highest BCUT2D eigenvalue weighted by atomic mass is 16.7. The highest BCUT2D eigenvalue weighted by molar-refractivity contribution is 5.77. The molecule has 2 aliphatic heterocycles. The van der Waals surface area contributed by atoms with Crippen LogP contribution in [0.1, 0.15) is 53.4 Å². The summed E-state index contributed by atoms with van der Waals surface area (Å²) in [6.07, 6.45) is 3.30. The molecule has 0 radical (unpaired) electrons. The number of nitrogens with one attached hydrogen (secondary N) is 1. The molecule has 2 atom stereocenters. The minimum atomic E-state index is -0.519. The Balaban J connectivity index is 1.83. The molecule has 23 heavy (non-hydrogen) atoms. The molecular weight excluding hydrogens is 298 g/mol. The van der Waals surface area contributed by atoms with Gasteiger partial charge in [0.2, 0.25) is 0 Å². The standard InChI is InChI=1S/C16H29N3O4/c1-5-6-9-22-19-13-8-7-12(18(11-13)15(19)21)10-17-14(20)23-16(2,3)4/h12-13H,5-11H2,1-4H3,(H,17,20)/t12-,13-/m0/s1. The quantitative estimate of drug-likeness (QED) is 0.761. The molecule has 7 heteroatoms. The van der Waals surface area contributed by atoms with Crippen LogP contribution >= 0.6 is 0 Å². The van der Waals surface area contributed by atoms with E-state index >= 15 is 0 Å². The number of rotatable bonds is 6. The van der Waals surface area contributed by atoms with Gasteiger partial charge in [-0.1, -0.05) is 13.3 Å². The number of hydroxylamine groups is 2. The zero-order valence-electron chi connectivity index (χ0n) is 14.6. The third-order valence-electron chi connectivity index (χ3n) is 4.06. The number of hydrogen-bond donors (Lipinski definition) is 1. The molecule has 1 N–H and O–H groups in total. The summed E-state index contributed by atoms with van der Waals surface area (Å²) in [6, 6.07) is 0.0581. The lowest BCUT2D eigenvalue weighted by atomic mass is 10.0. The smallest absolute Gasteiger partial charge is 0.407 e. The largest absolute Gasteiger partial charge is 0.444 e. The van der Waals surface area contributed by atoms with Crippen molar-refractivity contribution in [2.24, 2.45) is 0 Å². The zero-order chi connectivity index (χ0) is 17.0. The predicted octanol–water partition coefficient (Wildman–Crippen LogP) is 2.51. The predicted molar refractivity (Wildman–Crippen MR) is 85.8 cm³/mol. The van der Waals surface area contributed by atoms with Crippen molar-refractivity contribution in [3.8, 4) is 0 Å². The molecule has 2 bridgehead atoms. The first-order chi connectivity index (χ1) is 10.8. The molecule has 2 saturated heterocycles. The van der Waals surface area contributed by atoms with Crippen molar-refractivity contribution in [1.29, 1.82) is 0 Å². The number of nitrogens with zero attached hydrogens (tertiary/aromatic N) is 2. The van der Waals surface area contributed by atoms with Gasteiger partial charge in [-0.05, 0) is 40.0 Å². The molecule has 0 aromatic rings. The van der Waals surface area contributed by atoms with Crippen LogP contribution in [-0.4, -0.2) is 59.5 Å². The third kappa shape index (κ3) is 4.73. The topological polar surface area (TPSA) is 71.1 Å². The number of urea groups is 1. The monoisotopic (exact) mass is 327 g/mol. The highest BCUT2D eigenvalue weighted by Crippen LogP contribution is 2.29. The van der Waals surface area contributed by atoms with Crippen molar-refractivity contribution in [3.63, 3.8) is 0 Å². The van der Waals surface area contributed by atoms with Gasteiger partial charge in [0.15, 0.2) is 0 Å². The number of carbonyl (C=O) groups is 2. The molecule has 0 spiro atoms. The lowest BCUT2D eigenvalue weighted by Gasteiger charge is -2.30. The third-order valence-corrected chi connectivity index (χ3v) is 4.06. The van der Waals surface area contributed by atoms with Crippen molar-refractivity contribution in [1.82, 2.24) is 15.3 Å². The fraction of sp³-hybridized carbons (Fsp3) is 0.875. The maximum atomic E-state index is 12.4. The van der Waals surface area contributed by atoms with E-state index in [9.17, 15) is 9.59 Å². The fourth-order valence-corrected chi connectivity index (χ4v) is 2.91. The van der Waals surface area contributed by atoms with E-state index in [-0.39, 0.29) is 18.1 Å². The number of piperidine rings is 1. The molecular formula is C16H29N3O4. The normalized spacial score (nSPS) is 24.1. The van der Waals surface area contributed by atoms with Crippen LogP contribution in [0.3, 0.4) is 0 Å². The average molecular weight is 327 g/mol. The molecule has 0 aliphatic carbocycles. The Hall–Kier alpha value is -1.50. The Bertz CT molecular complexity index is 436. The molecule has 0 aromatic heterocycles. The van der Waals surface area contributed by atoms with Gasteiger partial charge in [0.1, 0.15) is 5.60 Å². The van der Waals surface area contributed by atoms with Gasteiger partial charge in [-0.2, -0.15) is 5.06 Å². The highest BCUT2D eigenvalue weighted by Gasteiger charge is 2.45. The first kappa shape index (κ1) is 17.8. The van der Waals surface area contributed by atoms with Crippen LogP contribution < -0.4 is 5.32 Å². The van der Waals surface area contributed by atoms with Crippen LogP contribution in [0.2, 0.25) is 0 Å². The van der Waals surface area contributed by atoms with Gasteiger partial charge in [0.05, 0.1) is 18.7 Å². The van der Waals surface area contributed by atoms with Gasteiger partial charge in [-0.25, -0.2) is 9.59 Å². The van der Waals surface area contributed by atoms with E-state index in [1.807, 2.05) is 20.8 Å². The lowest BCUT2D eigenvalue weighted by Crippen LogP contribution is -2.47. The fourth-order valence-electron chi connectivity index (χ4n) is 2.91. The minimum Gasteiger partial charge on any atom is -0.444 e. The van der Waals surface area contributed by atoms with Crippen molar-refractivity contribution in [2.75, 3.05) is 19.7 Å². The zero-order valence-corrected chi connectivity index (χ0v) is 14.6. The summed E-state index contributed by atoms with van der Waals surface area (Å²) in [4.78, 5) is 31.6. The van der Waals surface area contributed by atoms with Crippen LogP contribution in [0.15, 0.2) is 0 Å². The molecule has 7 nitrogen and oxygen atoms in total. The number of alkyl carbamates (subject to hydrolysis) is 1. The van der Waals surface area contributed by atoms with Crippen LogP contribution in [0.5, 0.6) is 0 Å². The molecule has 2 fully saturated rings. The molecule has 0 saturated carbocycles. The van der Waals surface area contributed by atoms with Crippen LogP contribution in [0.4, 0.5) is 9.59 Å². The summed E-state index contributed by atoms with van der Waals surface area (Å²) in [7, 11) is 0. The van der Waals surface area contributed by atoms with Gasteiger partial charge in [0.25, 0.3) is 0 Å². The SMILES string of the molecule is CCCCON1C(=O)N2C[C@@H]1CC[C@H]2CNC(=O)OC(C)(C)C. The van der Waals surface area contributed by atoms with Gasteiger partial charge >= 0.3 is 12.1 Å². The number of hydrogen-bond acceptors (Lipinski definition) is 4. The second kappa shape index (κ2) is 7.38. The summed E-state index contributed by atoms with van der Waals surface area (Å²) < 4.78 is 5.23. The minimum absolute atomic E-state index is 0.00560. The molecule has 0 aromatic carbocycles. The first-order valence-corrected chi connectivity index (χ1v) is 8.51. The van der Waals surface area contributed by atoms with Crippen molar-refractivity contribution in [3.05, 3.63) is 0 Å². The molecule has 132 valence electrons. The van der Waals surface area contributed by atoms with Crippen molar-refractivity contribution in [2.45, 2.75) is 71.1 Å². The maximum absolute atomic E-state index is 12.4. The van der Waals surface area contributed by atoms with Gasteiger partial charge in [-0.15, -0.1) is 0 Å². The number of ether oxygens (including phenoxy) is 1. The lowest BCUT2D eigenvalue weighted by molar-refractivity contribution is -0.130. The summed E-state index contributed by atoms with van der Waals surface area (Å²) in [6.45, 7) is 9.23. The molecule has 2 heterocycles. The number of unbranched alkanes of at least 4 members (excludes halogenated alkanes) is 1. The summed E-state index contributed by atoms with van der Waals surface area (Å²) >= 11 is 0. The Kier molecular flexibility index (Phi) is 5.73. The first-order valence-electron chi connectivity index (χ1n) is 8.51. The van der Waals surface area contributed by atoms with Gasteiger partial charge < -0.3 is 15.0 Å². The number of fused-ring (bicyclic) bond motifs is 2. The second-order valence-electron chi connectivity index (χ2n) is 7.22. The average Bonchev–Trinajstić information content (AvgIpc) is 2.70. The van der Waals surface area contributed by atoms with E-state index in [1.54, 1.807) is 4.90 Å². The Morgan fingerprint density at radius 2 is 2.09 bits per heavy atom. The van der Waals surface area contributed by atoms with E-state index in [4.69, 9.17) is 9.57 Å². The summed E-state index contributed by atoms with van der Waals surface area (Å²) in [5.74, 6) is 0.